The quantitative estimate of drug-likeness (QED) is 0.691. The minimum Gasteiger partial charge on any atom is -0.455 e. The SMILES string of the molecule is Cl.O=C1OC(CN2CCCC2)CN1/N=C/c1ccc(-c2ccc(Cl)cc2)o1. The lowest BCUT2D eigenvalue weighted by Gasteiger charge is -2.17. The van der Waals surface area contributed by atoms with Gasteiger partial charge in [-0.3, -0.25) is 4.90 Å². The predicted molar refractivity (Wildman–Crippen MR) is 107 cm³/mol. The van der Waals surface area contributed by atoms with E-state index < -0.39 is 6.09 Å². The Morgan fingerprint density at radius 2 is 1.89 bits per heavy atom. The second-order valence-electron chi connectivity index (χ2n) is 6.55. The summed E-state index contributed by atoms with van der Waals surface area (Å²) in [6, 6.07) is 11.1. The first kappa shape index (κ1) is 19.7. The molecule has 1 aromatic carbocycles. The molecule has 0 N–H and O–H groups in total. The van der Waals surface area contributed by atoms with E-state index >= 15 is 0 Å². The van der Waals surface area contributed by atoms with Crippen molar-refractivity contribution in [3.63, 3.8) is 0 Å². The molecule has 0 saturated carbocycles. The number of carbonyl (C=O) groups excluding carboxylic acids is 1. The van der Waals surface area contributed by atoms with Crippen molar-refractivity contribution in [2.24, 2.45) is 5.10 Å². The highest BCUT2D eigenvalue weighted by atomic mass is 35.5. The van der Waals surface area contributed by atoms with Crippen molar-refractivity contribution in [1.82, 2.24) is 9.91 Å². The second-order valence-corrected chi connectivity index (χ2v) is 6.99. The highest BCUT2D eigenvalue weighted by molar-refractivity contribution is 6.30. The van der Waals surface area contributed by atoms with E-state index in [0.29, 0.717) is 17.3 Å². The van der Waals surface area contributed by atoms with Crippen LogP contribution in [0, 0.1) is 0 Å². The lowest BCUT2D eigenvalue weighted by molar-refractivity contribution is 0.113. The van der Waals surface area contributed by atoms with Gasteiger partial charge in [0.1, 0.15) is 17.6 Å². The Balaban J connectivity index is 0.00000210. The first-order chi connectivity index (χ1) is 12.7. The fraction of sp³-hybridized carbons (Fsp3) is 0.368. The number of rotatable bonds is 5. The van der Waals surface area contributed by atoms with Gasteiger partial charge in [0.2, 0.25) is 0 Å². The molecule has 0 spiro atoms. The van der Waals surface area contributed by atoms with Crippen molar-refractivity contribution in [2.75, 3.05) is 26.2 Å². The molecule has 4 rings (SSSR count). The number of benzene rings is 1. The number of nitrogens with zero attached hydrogens (tertiary/aromatic N) is 3. The summed E-state index contributed by atoms with van der Waals surface area (Å²) < 4.78 is 11.2. The number of hydrogen-bond donors (Lipinski definition) is 0. The third-order valence-corrected chi connectivity index (χ3v) is 4.85. The van der Waals surface area contributed by atoms with Crippen molar-refractivity contribution in [3.05, 3.63) is 47.2 Å². The van der Waals surface area contributed by atoms with Crippen molar-refractivity contribution >= 4 is 36.3 Å². The van der Waals surface area contributed by atoms with Gasteiger partial charge >= 0.3 is 6.09 Å². The number of amides is 1. The van der Waals surface area contributed by atoms with E-state index in [9.17, 15) is 4.79 Å². The molecule has 0 bridgehead atoms. The number of hydrazone groups is 1. The number of hydrogen-bond acceptors (Lipinski definition) is 5. The predicted octanol–water partition coefficient (Wildman–Crippen LogP) is 4.27. The summed E-state index contributed by atoms with van der Waals surface area (Å²) in [5.41, 5.74) is 0.931. The van der Waals surface area contributed by atoms with Crippen molar-refractivity contribution < 1.29 is 13.9 Å². The zero-order valence-electron chi connectivity index (χ0n) is 14.7. The van der Waals surface area contributed by atoms with E-state index in [1.165, 1.54) is 17.9 Å². The van der Waals surface area contributed by atoms with E-state index in [0.717, 1.165) is 31.0 Å². The lowest BCUT2D eigenvalue weighted by Crippen LogP contribution is -2.32. The summed E-state index contributed by atoms with van der Waals surface area (Å²) in [4.78, 5) is 14.3. The molecule has 3 heterocycles. The summed E-state index contributed by atoms with van der Waals surface area (Å²) in [7, 11) is 0. The van der Waals surface area contributed by atoms with Crippen LogP contribution in [0.2, 0.25) is 5.02 Å². The van der Waals surface area contributed by atoms with E-state index in [1.807, 2.05) is 36.4 Å². The molecule has 0 aliphatic carbocycles. The van der Waals surface area contributed by atoms with Crippen LogP contribution in [0.25, 0.3) is 11.3 Å². The fourth-order valence-corrected chi connectivity index (χ4v) is 3.39. The zero-order valence-corrected chi connectivity index (χ0v) is 16.3. The molecule has 144 valence electrons. The van der Waals surface area contributed by atoms with Gasteiger partial charge in [0.05, 0.1) is 12.8 Å². The molecular formula is C19H21Cl2N3O3. The van der Waals surface area contributed by atoms with Gasteiger partial charge in [-0.25, -0.2) is 4.79 Å². The number of ether oxygens (including phenoxy) is 1. The zero-order chi connectivity index (χ0) is 17.9. The highest BCUT2D eigenvalue weighted by Crippen LogP contribution is 2.23. The molecule has 8 heteroatoms. The summed E-state index contributed by atoms with van der Waals surface area (Å²) >= 11 is 5.90. The third kappa shape index (κ3) is 4.83. The Hall–Kier alpha value is -2.02. The molecule has 2 aliphatic rings. The lowest BCUT2D eigenvalue weighted by atomic mass is 10.2. The Morgan fingerprint density at radius 3 is 2.63 bits per heavy atom. The first-order valence-electron chi connectivity index (χ1n) is 8.78. The number of likely N-dealkylation sites (tertiary alicyclic amines) is 1. The number of halogens is 2. The van der Waals surface area contributed by atoms with Crippen LogP contribution in [0.4, 0.5) is 4.79 Å². The number of cyclic esters (lactones) is 1. The number of furan rings is 1. The van der Waals surface area contributed by atoms with Crippen LogP contribution >= 0.6 is 24.0 Å². The average molecular weight is 410 g/mol. The van der Waals surface area contributed by atoms with E-state index in [1.54, 1.807) is 6.21 Å². The van der Waals surface area contributed by atoms with Crippen molar-refractivity contribution in [3.8, 4) is 11.3 Å². The van der Waals surface area contributed by atoms with Crippen LogP contribution in [0.3, 0.4) is 0 Å². The molecule has 1 amide bonds. The molecule has 1 aromatic heterocycles. The molecule has 27 heavy (non-hydrogen) atoms. The Kier molecular flexibility index (Phi) is 6.42. The maximum Gasteiger partial charge on any atom is 0.430 e. The molecule has 2 aromatic rings. The standard InChI is InChI=1S/C19H20ClN3O3.ClH/c20-15-5-3-14(4-6-15)18-8-7-16(25-18)11-21-23-13-17(26-19(23)24)12-22-9-1-2-10-22;/h3-8,11,17H,1-2,9-10,12-13H2;1H/b21-11+;. The highest BCUT2D eigenvalue weighted by Gasteiger charge is 2.32. The van der Waals surface area contributed by atoms with Gasteiger partial charge in [0.25, 0.3) is 0 Å². The summed E-state index contributed by atoms with van der Waals surface area (Å²) in [6.45, 7) is 3.41. The summed E-state index contributed by atoms with van der Waals surface area (Å²) in [6.07, 6.45) is 3.45. The summed E-state index contributed by atoms with van der Waals surface area (Å²) in [5.74, 6) is 1.30. The topological polar surface area (TPSA) is 58.3 Å². The minimum absolute atomic E-state index is 0. The Bertz CT molecular complexity index is 801. The maximum atomic E-state index is 12.0. The maximum absolute atomic E-state index is 12.0. The van der Waals surface area contributed by atoms with Gasteiger partial charge in [0, 0.05) is 17.1 Å². The van der Waals surface area contributed by atoms with Gasteiger partial charge in [0.15, 0.2) is 0 Å². The van der Waals surface area contributed by atoms with Gasteiger partial charge in [-0.2, -0.15) is 10.1 Å². The van der Waals surface area contributed by atoms with Crippen LogP contribution < -0.4 is 0 Å². The van der Waals surface area contributed by atoms with Gasteiger partial charge in [-0.15, -0.1) is 12.4 Å². The average Bonchev–Trinajstić information content (AvgIpc) is 3.36. The molecule has 6 nitrogen and oxygen atoms in total. The smallest absolute Gasteiger partial charge is 0.430 e. The van der Waals surface area contributed by atoms with E-state index in [-0.39, 0.29) is 18.5 Å². The molecule has 2 saturated heterocycles. The normalized spacial score (nSPS) is 20.3. The van der Waals surface area contributed by atoms with Gasteiger partial charge < -0.3 is 9.15 Å². The van der Waals surface area contributed by atoms with Gasteiger partial charge in [-0.05, 0) is 62.3 Å². The Labute approximate surface area is 169 Å². The first-order valence-corrected chi connectivity index (χ1v) is 9.15. The Morgan fingerprint density at radius 1 is 1.15 bits per heavy atom. The van der Waals surface area contributed by atoms with Gasteiger partial charge in [-0.1, -0.05) is 11.6 Å². The molecule has 2 aliphatic heterocycles. The van der Waals surface area contributed by atoms with Crippen LogP contribution in [-0.2, 0) is 4.74 Å². The van der Waals surface area contributed by atoms with Crippen LogP contribution in [0.15, 0.2) is 45.9 Å². The molecule has 0 radical (unpaired) electrons. The molecule has 2 fully saturated rings. The second kappa shape index (κ2) is 8.78. The third-order valence-electron chi connectivity index (χ3n) is 4.60. The van der Waals surface area contributed by atoms with Crippen LogP contribution in [0.5, 0.6) is 0 Å². The molecule has 1 unspecified atom stereocenters. The monoisotopic (exact) mass is 409 g/mol. The largest absolute Gasteiger partial charge is 0.455 e. The van der Waals surface area contributed by atoms with Crippen molar-refractivity contribution in [1.29, 1.82) is 0 Å². The van der Waals surface area contributed by atoms with E-state index in [4.69, 9.17) is 20.8 Å². The molecule has 1 atom stereocenters. The summed E-state index contributed by atoms with van der Waals surface area (Å²) in [5, 5.41) is 6.25. The minimum atomic E-state index is -0.407. The fourth-order valence-electron chi connectivity index (χ4n) is 3.27. The van der Waals surface area contributed by atoms with Crippen LogP contribution in [-0.4, -0.2) is 54.5 Å². The number of carbonyl (C=O) groups is 1. The van der Waals surface area contributed by atoms with Crippen LogP contribution in [0.1, 0.15) is 18.6 Å². The van der Waals surface area contributed by atoms with Crippen molar-refractivity contribution in [2.45, 2.75) is 18.9 Å². The van der Waals surface area contributed by atoms with E-state index in [2.05, 4.69) is 10.0 Å². The molecular weight excluding hydrogens is 389 g/mol.